The zero-order chi connectivity index (χ0) is 17.3. The molecule has 0 fully saturated rings. The van der Waals surface area contributed by atoms with Crippen molar-refractivity contribution in [2.24, 2.45) is 0 Å². The third kappa shape index (κ3) is 8.59. The summed E-state index contributed by atoms with van der Waals surface area (Å²) < 4.78 is 8.88. The second kappa shape index (κ2) is 9.38. The molecular formula is C14H21O7P. The number of hydrogen-bond acceptors (Lipinski definition) is 3. The van der Waals surface area contributed by atoms with Crippen LogP contribution in [0.3, 0.4) is 0 Å². The van der Waals surface area contributed by atoms with Gasteiger partial charge in [-0.15, -0.1) is 0 Å². The molecule has 0 bridgehead atoms. The number of carbonyl (C=O) groups is 1. The molecule has 124 valence electrons. The number of carboxylic acid groups (broad SMARTS) is 1. The summed E-state index contributed by atoms with van der Waals surface area (Å²) in [7, 11) is -4.64. The first-order chi connectivity index (χ1) is 10.1. The fraction of sp³-hybridized carbons (Fsp3) is 0.357. The Morgan fingerprint density at radius 1 is 1.14 bits per heavy atom. The molecule has 22 heavy (non-hydrogen) atoms. The van der Waals surface area contributed by atoms with Gasteiger partial charge in [-0.2, -0.15) is 0 Å². The molecule has 0 aromatic heterocycles. The van der Waals surface area contributed by atoms with E-state index >= 15 is 0 Å². The predicted molar refractivity (Wildman–Crippen MR) is 82.2 cm³/mol. The van der Waals surface area contributed by atoms with Crippen LogP contribution >= 0.6 is 7.82 Å². The normalized spacial score (nSPS) is 12.0. The maximum absolute atomic E-state index is 10.8. The van der Waals surface area contributed by atoms with Crippen molar-refractivity contribution in [2.45, 2.75) is 33.1 Å². The molecule has 0 saturated heterocycles. The first kappa shape index (κ1) is 20.3. The minimum Gasteiger partial charge on any atom is -0.507 e. The highest BCUT2D eigenvalue weighted by Crippen LogP contribution is 2.25. The SMILES string of the molecule is CCCCc1ccccc1C(O)=C(C)C(=O)O.O=P(O)(O)O. The van der Waals surface area contributed by atoms with Crippen molar-refractivity contribution in [1.29, 1.82) is 0 Å². The number of aliphatic hydroxyl groups is 1. The quantitative estimate of drug-likeness (QED) is 0.317. The highest BCUT2D eigenvalue weighted by Gasteiger charge is 2.13. The Kier molecular flexibility index (Phi) is 8.67. The lowest BCUT2D eigenvalue weighted by Gasteiger charge is -2.09. The fourth-order valence-corrected chi connectivity index (χ4v) is 1.64. The van der Waals surface area contributed by atoms with Crippen molar-refractivity contribution in [3.05, 3.63) is 41.0 Å². The van der Waals surface area contributed by atoms with Gasteiger partial charge in [-0.25, -0.2) is 9.36 Å². The molecule has 0 unspecified atom stereocenters. The lowest BCUT2D eigenvalue weighted by molar-refractivity contribution is -0.132. The molecule has 0 aliphatic carbocycles. The van der Waals surface area contributed by atoms with E-state index in [-0.39, 0.29) is 11.3 Å². The number of unbranched alkanes of at least 4 members (excludes halogenated alkanes) is 1. The van der Waals surface area contributed by atoms with Crippen molar-refractivity contribution in [1.82, 2.24) is 0 Å². The van der Waals surface area contributed by atoms with E-state index in [4.69, 9.17) is 24.4 Å². The summed E-state index contributed by atoms with van der Waals surface area (Å²) >= 11 is 0. The minimum absolute atomic E-state index is 0.0195. The van der Waals surface area contributed by atoms with Gasteiger partial charge >= 0.3 is 13.8 Å². The Morgan fingerprint density at radius 2 is 1.64 bits per heavy atom. The molecule has 7 nitrogen and oxygen atoms in total. The molecule has 0 spiro atoms. The predicted octanol–water partition coefficient (Wildman–Crippen LogP) is 2.47. The number of hydrogen-bond donors (Lipinski definition) is 5. The number of rotatable bonds is 5. The Hall–Kier alpha value is -1.66. The number of phosphoric acid groups is 1. The molecule has 0 radical (unpaired) electrons. The van der Waals surface area contributed by atoms with E-state index in [1.54, 1.807) is 12.1 Å². The Morgan fingerprint density at radius 3 is 2.09 bits per heavy atom. The van der Waals surface area contributed by atoms with E-state index in [0.29, 0.717) is 5.56 Å². The zero-order valence-electron chi connectivity index (χ0n) is 12.4. The minimum atomic E-state index is -4.64. The van der Waals surface area contributed by atoms with Crippen LogP contribution in [-0.4, -0.2) is 30.9 Å². The van der Waals surface area contributed by atoms with E-state index in [1.165, 1.54) is 6.92 Å². The van der Waals surface area contributed by atoms with E-state index in [0.717, 1.165) is 24.8 Å². The lowest BCUT2D eigenvalue weighted by atomic mass is 9.99. The summed E-state index contributed by atoms with van der Waals surface area (Å²) in [4.78, 5) is 32.4. The highest BCUT2D eigenvalue weighted by molar-refractivity contribution is 7.45. The van der Waals surface area contributed by atoms with Crippen LogP contribution in [0.25, 0.3) is 5.76 Å². The van der Waals surface area contributed by atoms with E-state index in [1.807, 2.05) is 12.1 Å². The molecule has 1 aromatic carbocycles. The van der Waals surface area contributed by atoms with Gasteiger partial charge in [-0.3, -0.25) is 0 Å². The Balaban J connectivity index is 0.000000763. The number of aryl methyl sites for hydroxylation is 1. The Bertz CT molecular complexity index is 566. The van der Waals surface area contributed by atoms with E-state index < -0.39 is 13.8 Å². The van der Waals surface area contributed by atoms with E-state index in [9.17, 15) is 9.90 Å². The van der Waals surface area contributed by atoms with Gasteiger partial charge in [-0.1, -0.05) is 37.6 Å². The third-order valence-electron chi connectivity index (χ3n) is 2.75. The third-order valence-corrected chi connectivity index (χ3v) is 2.75. The number of aliphatic carboxylic acids is 1. The topological polar surface area (TPSA) is 135 Å². The monoisotopic (exact) mass is 332 g/mol. The van der Waals surface area contributed by atoms with Crippen LogP contribution in [0.15, 0.2) is 29.8 Å². The summed E-state index contributed by atoms with van der Waals surface area (Å²) in [6.45, 7) is 3.51. The highest BCUT2D eigenvalue weighted by atomic mass is 31.2. The van der Waals surface area contributed by atoms with Gasteiger partial charge in [0.05, 0.1) is 5.57 Å². The second-order valence-corrected chi connectivity index (χ2v) is 5.58. The van der Waals surface area contributed by atoms with Crippen molar-refractivity contribution < 1.29 is 34.3 Å². The van der Waals surface area contributed by atoms with Crippen LogP contribution in [0.5, 0.6) is 0 Å². The van der Waals surface area contributed by atoms with Crippen molar-refractivity contribution in [3.63, 3.8) is 0 Å². The molecule has 1 rings (SSSR count). The van der Waals surface area contributed by atoms with Gasteiger partial charge < -0.3 is 24.9 Å². The van der Waals surface area contributed by atoms with Gasteiger partial charge in [0.15, 0.2) is 0 Å². The molecule has 0 saturated carbocycles. The summed E-state index contributed by atoms with van der Waals surface area (Å²) in [6.07, 6.45) is 2.94. The van der Waals surface area contributed by atoms with Gasteiger partial charge in [0, 0.05) is 5.56 Å². The molecule has 8 heteroatoms. The average Bonchev–Trinajstić information content (AvgIpc) is 2.42. The molecule has 0 aliphatic heterocycles. The first-order valence-corrected chi connectivity index (χ1v) is 8.14. The zero-order valence-corrected chi connectivity index (χ0v) is 13.3. The summed E-state index contributed by atoms with van der Waals surface area (Å²) in [5, 5.41) is 18.8. The average molecular weight is 332 g/mol. The van der Waals surface area contributed by atoms with Crippen LogP contribution in [0, 0.1) is 0 Å². The van der Waals surface area contributed by atoms with E-state index in [2.05, 4.69) is 6.92 Å². The van der Waals surface area contributed by atoms with Crippen LogP contribution in [0.2, 0.25) is 0 Å². The molecule has 0 atom stereocenters. The molecule has 5 N–H and O–H groups in total. The molecule has 0 aliphatic rings. The molecule has 0 amide bonds. The van der Waals surface area contributed by atoms with Gasteiger partial charge in [0.25, 0.3) is 0 Å². The standard InChI is InChI=1S/C14H18O3.H3O4P/c1-3-4-7-11-8-5-6-9-12(11)13(15)10(2)14(16)17;1-5(2,3)4/h5-6,8-9,15H,3-4,7H2,1-2H3,(H,16,17);(H3,1,2,3,4). The van der Waals surface area contributed by atoms with Gasteiger partial charge in [0.1, 0.15) is 5.76 Å². The Labute approximate surface area is 128 Å². The fourth-order valence-electron chi connectivity index (χ4n) is 1.64. The van der Waals surface area contributed by atoms with Gasteiger partial charge in [0.2, 0.25) is 0 Å². The first-order valence-electron chi connectivity index (χ1n) is 6.57. The van der Waals surface area contributed by atoms with Crippen molar-refractivity contribution >= 4 is 19.6 Å². The van der Waals surface area contributed by atoms with Crippen LogP contribution in [0.4, 0.5) is 0 Å². The summed E-state index contributed by atoms with van der Waals surface area (Å²) in [5.41, 5.74) is 1.60. The smallest absolute Gasteiger partial charge is 0.466 e. The largest absolute Gasteiger partial charge is 0.507 e. The number of aliphatic hydroxyl groups excluding tert-OH is 1. The summed E-state index contributed by atoms with van der Waals surface area (Å²) in [6, 6.07) is 7.39. The molecule has 1 aromatic rings. The lowest BCUT2D eigenvalue weighted by Crippen LogP contribution is -2.02. The van der Waals surface area contributed by atoms with Crippen molar-refractivity contribution in [3.8, 4) is 0 Å². The molecule has 0 heterocycles. The maximum atomic E-state index is 10.8. The van der Waals surface area contributed by atoms with Crippen LogP contribution in [0.1, 0.15) is 37.8 Å². The molecular weight excluding hydrogens is 311 g/mol. The maximum Gasteiger partial charge on any atom is 0.466 e. The number of carboxylic acids is 1. The second-order valence-electron chi connectivity index (χ2n) is 4.55. The van der Waals surface area contributed by atoms with Crippen LogP contribution < -0.4 is 0 Å². The van der Waals surface area contributed by atoms with Crippen LogP contribution in [-0.2, 0) is 15.8 Å². The van der Waals surface area contributed by atoms with Crippen molar-refractivity contribution in [2.75, 3.05) is 0 Å². The summed E-state index contributed by atoms with van der Waals surface area (Å²) in [5.74, 6) is -1.23. The number of benzene rings is 1. The van der Waals surface area contributed by atoms with Gasteiger partial charge in [-0.05, 0) is 25.3 Å².